The van der Waals surface area contributed by atoms with Gasteiger partial charge >= 0.3 is 6.09 Å². The average Bonchev–Trinajstić information content (AvgIpc) is 2.77. The number of thiol groups is 1. The minimum absolute atomic E-state index is 0.00210. The third kappa shape index (κ3) is 7.65. The highest BCUT2D eigenvalue weighted by Crippen LogP contribution is 2.29. The molecule has 2 aromatic carbocycles. The van der Waals surface area contributed by atoms with Crippen LogP contribution in [0, 0.1) is 13.8 Å². The number of ether oxygens (including phenoxy) is 1. The number of aromatic hydroxyl groups is 1. The number of benzene rings is 2. The van der Waals surface area contributed by atoms with Gasteiger partial charge < -0.3 is 25.4 Å². The monoisotopic (exact) mass is 515 g/mol. The van der Waals surface area contributed by atoms with Gasteiger partial charge in [0.05, 0.1) is 0 Å². The Balaban J connectivity index is 2.49. The minimum atomic E-state index is -1.04. The third-order valence-electron chi connectivity index (χ3n) is 5.45. The van der Waals surface area contributed by atoms with E-state index in [0.29, 0.717) is 11.3 Å². The number of para-hydroxylation sites is 1. The van der Waals surface area contributed by atoms with Crippen LogP contribution >= 0.6 is 12.6 Å². The van der Waals surface area contributed by atoms with Crippen molar-refractivity contribution in [2.45, 2.75) is 72.2 Å². The lowest BCUT2D eigenvalue weighted by Crippen LogP contribution is -2.55. The maximum atomic E-state index is 13.8. The zero-order chi connectivity index (χ0) is 27.2. The van der Waals surface area contributed by atoms with Gasteiger partial charge in [-0.15, -0.1) is 0 Å². The van der Waals surface area contributed by atoms with Gasteiger partial charge in [0.1, 0.15) is 23.4 Å². The van der Waals surface area contributed by atoms with Crippen molar-refractivity contribution in [2.24, 2.45) is 0 Å². The molecule has 0 bridgehead atoms. The SMILES string of the molecule is Cc1cccc(C)c1NC(=O)C(c1ccc(O)cc1)N(C(=O)C(CS)NC(=O)OC(C)(C)C)C(C)C. The topological polar surface area (TPSA) is 108 Å². The molecule has 0 aromatic heterocycles. The summed E-state index contributed by atoms with van der Waals surface area (Å²) in [4.78, 5) is 41.4. The van der Waals surface area contributed by atoms with Gasteiger partial charge in [0.25, 0.3) is 5.91 Å². The maximum absolute atomic E-state index is 13.8. The van der Waals surface area contributed by atoms with E-state index in [1.54, 1.807) is 46.8 Å². The lowest BCUT2D eigenvalue weighted by molar-refractivity contribution is -0.142. The van der Waals surface area contributed by atoms with E-state index in [9.17, 15) is 19.5 Å². The minimum Gasteiger partial charge on any atom is -0.508 e. The summed E-state index contributed by atoms with van der Waals surface area (Å²) >= 11 is 4.28. The summed E-state index contributed by atoms with van der Waals surface area (Å²) < 4.78 is 5.31. The summed E-state index contributed by atoms with van der Waals surface area (Å²) in [6.45, 7) is 12.5. The van der Waals surface area contributed by atoms with E-state index < -0.39 is 41.6 Å². The normalized spacial score (nSPS) is 13.0. The predicted molar refractivity (Wildman–Crippen MR) is 144 cm³/mol. The summed E-state index contributed by atoms with van der Waals surface area (Å²) in [6, 6.07) is 9.34. The number of carbonyl (C=O) groups is 3. The molecule has 2 unspecified atom stereocenters. The van der Waals surface area contributed by atoms with E-state index in [1.807, 2.05) is 32.0 Å². The molecule has 0 saturated carbocycles. The fourth-order valence-corrected chi connectivity index (χ4v) is 4.04. The second-order valence-corrected chi connectivity index (χ2v) is 10.3. The molecule has 8 nitrogen and oxygen atoms in total. The van der Waals surface area contributed by atoms with Gasteiger partial charge in [-0.05, 0) is 77.3 Å². The van der Waals surface area contributed by atoms with Gasteiger partial charge in [0, 0.05) is 17.5 Å². The van der Waals surface area contributed by atoms with Crippen molar-refractivity contribution >= 4 is 36.2 Å². The smallest absolute Gasteiger partial charge is 0.408 e. The van der Waals surface area contributed by atoms with E-state index >= 15 is 0 Å². The molecule has 196 valence electrons. The van der Waals surface area contributed by atoms with E-state index in [0.717, 1.165) is 11.1 Å². The Morgan fingerprint density at radius 3 is 2.06 bits per heavy atom. The largest absolute Gasteiger partial charge is 0.508 e. The van der Waals surface area contributed by atoms with Crippen LogP contribution in [0.4, 0.5) is 10.5 Å². The van der Waals surface area contributed by atoms with Gasteiger partial charge in [-0.2, -0.15) is 12.6 Å². The van der Waals surface area contributed by atoms with E-state index in [-0.39, 0.29) is 11.5 Å². The van der Waals surface area contributed by atoms with Crippen molar-refractivity contribution in [3.63, 3.8) is 0 Å². The first-order valence-corrected chi connectivity index (χ1v) is 12.5. The molecule has 3 N–H and O–H groups in total. The molecular formula is C27H37N3O5S. The highest BCUT2D eigenvalue weighted by molar-refractivity contribution is 7.80. The molecule has 0 aliphatic rings. The van der Waals surface area contributed by atoms with Gasteiger partial charge in [0.2, 0.25) is 5.91 Å². The molecule has 0 aliphatic heterocycles. The van der Waals surface area contributed by atoms with Gasteiger partial charge in [-0.1, -0.05) is 30.3 Å². The molecule has 9 heteroatoms. The summed E-state index contributed by atoms with van der Waals surface area (Å²) in [5, 5.41) is 15.4. The number of hydrogen-bond donors (Lipinski definition) is 4. The summed E-state index contributed by atoms with van der Waals surface area (Å²) in [5.74, 6) is -0.868. The fraction of sp³-hybridized carbons (Fsp3) is 0.444. The second-order valence-electron chi connectivity index (χ2n) is 9.97. The number of phenols is 1. The number of nitrogens with zero attached hydrogens (tertiary/aromatic N) is 1. The van der Waals surface area contributed by atoms with Crippen LogP contribution in [0.25, 0.3) is 0 Å². The lowest BCUT2D eigenvalue weighted by Gasteiger charge is -2.37. The molecule has 0 aliphatic carbocycles. The Kier molecular flexibility index (Phi) is 9.81. The summed E-state index contributed by atoms with van der Waals surface area (Å²) in [5.41, 5.74) is 2.20. The number of carbonyl (C=O) groups excluding carboxylic acids is 3. The number of anilines is 1. The number of hydrogen-bond acceptors (Lipinski definition) is 6. The van der Waals surface area contributed by atoms with Crippen molar-refractivity contribution < 1.29 is 24.2 Å². The quantitative estimate of drug-likeness (QED) is 0.380. The average molecular weight is 516 g/mol. The molecule has 0 saturated heterocycles. The Labute approximate surface area is 218 Å². The van der Waals surface area contributed by atoms with Crippen LogP contribution in [0.5, 0.6) is 5.75 Å². The van der Waals surface area contributed by atoms with Crippen LogP contribution in [-0.4, -0.2) is 51.4 Å². The number of alkyl carbamates (subject to hydrolysis) is 1. The standard InChI is InChI=1S/C27H37N3O5S/c1-16(2)30(25(33)21(15-36)28-26(34)35-27(5,6)7)23(19-11-13-20(31)14-12-19)24(32)29-22-17(3)9-8-10-18(22)4/h8-14,16,21,23,31,36H,15H2,1-7H3,(H,28,34)(H,29,32). The van der Waals surface area contributed by atoms with Crippen LogP contribution in [0.1, 0.15) is 57.4 Å². The van der Waals surface area contributed by atoms with Crippen molar-refractivity contribution in [3.05, 3.63) is 59.2 Å². The molecule has 0 heterocycles. The number of aryl methyl sites for hydroxylation is 2. The number of phenolic OH excluding ortho intramolecular Hbond substituents is 1. The van der Waals surface area contributed by atoms with Crippen LogP contribution in [0.3, 0.4) is 0 Å². The lowest BCUT2D eigenvalue weighted by atomic mass is 10.0. The maximum Gasteiger partial charge on any atom is 0.408 e. The fourth-order valence-electron chi connectivity index (χ4n) is 3.79. The molecule has 0 spiro atoms. The third-order valence-corrected chi connectivity index (χ3v) is 5.81. The molecule has 0 radical (unpaired) electrons. The van der Waals surface area contributed by atoms with Crippen LogP contribution in [0.15, 0.2) is 42.5 Å². The molecule has 2 atom stereocenters. The first-order chi connectivity index (χ1) is 16.7. The molecular weight excluding hydrogens is 478 g/mol. The van der Waals surface area contributed by atoms with E-state index in [2.05, 4.69) is 23.3 Å². The zero-order valence-corrected chi connectivity index (χ0v) is 22.8. The Bertz CT molecular complexity index is 1060. The molecule has 0 fully saturated rings. The highest BCUT2D eigenvalue weighted by Gasteiger charge is 2.37. The van der Waals surface area contributed by atoms with Gasteiger partial charge in [-0.25, -0.2) is 4.79 Å². The Morgan fingerprint density at radius 1 is 1.03 bits per heavy atom. The van der Waals surface area contributed by atoms with Crippen LogP contribution < -0.4 is 10.6 Å². The second kappa shape index (κ2) is 12.2. The summed E-state index contributed by atoms with van der Waals surface area (Å²) in [7, 11) is 0. The molecule has 2 aromatic rings. The molecule has 36 heavy (non-hydrogen) atoms. The van der Waals surface area contributed by atoms with Crippen LogP contribution in [0.2, 0.25) is 0 Å². The zero-order valence-electron chi connectivity index (χ0n) is 22.0. The van der Waals surface area contributed by atoms with Crippen molar-refractivity contribution in [1.82, 2.24) is 10.2 Å². The van der Waals surface area contributed by atoms with Crippen molar-refractivity contribution in [3.8, 4) is 5.75 Å². The van der Waals surface area contributed by atoms with E-state index in [1.165, 1.54) is 17.0 Å². The Hall–Kier alpha value is -3.20. The molecule has 2 rings (SSSR count). The first kappa shape index (κ1) is 29.0. The number of rotatable bonds is 8. The number of amides is 3. The first-order valence-electron chi connectivity index (χ1n) is 11.8. The number of nitrogens with one attached hydrogen (secondary N) is 2. The van der Waals surface area contributed by atoms with Crippen LogP contribution in [-0.2, 0) is 14.3 Å². The predicted octanol–water partition coefficient (Wildman–Crippen LogP) is 4.75. The molecule has 3 amide bonds. The summed E-state index contributed by atoms with van der Waals surface area (Å²) in [6.07, 6.45) is -0.750. The van der Waals surface area contributed by atoms with Gasteiger partial charge in [0.15, 0.2) is 0 Å². The highest BCUT2D eigenvalue weighted by atomic mass is 32.1. The van der Waals surface area contributed by atoms with Crippen molar-refractivity contribution in [1.29, 1.82) is 0 Å². The van der Waals surface area contributed by atoms with Gasteiger partial charge in [-0.3, -0.25) is 9.59 Å². The Morgan fingerprint density at radius 2 is 1.58 bits per heavy atom. The van der Waals surface area contributed by atoms with Crippen molar-refractivity contribution in [2.75, 3.05) is 11.1 Å². The van der Waals surface area contributed by atoms with E-state index in [4.69, 9.17) is 4.74 Å².